The number of carboxylic acid groups (broad SMARTS) is 2. The van der Waals surface area contributed by atoms with Crippen LogP contribution in [0.2, 0.25) is 0 Å². The SMILES string of the molecule is CC(CC(=O)CC[n+]1ccc(-c2nccs2)cn1)C(=O)O.O=C([O-])C(F)(F)F. The molecule has 0 amide bonds. The van der Waals surface area contributed by atoms with Gasteiger partial charge >= 0.3 is 12.1 Å². The van der Waals surface area contributed by atoms with Crippen molar-refractivity contribution in [3.8, 4) is 10.6 Å². The van der Waals surface area contributed by atoms with Crippen molar-refractivity contribution in [2.75, 3.05) is 0 Å². The fourth-order valence-corrected chi connectivity index (χ4v) is 2.41. The number of aromatic nitrogens is 3. The molecule has 0 bridgehead atoms. The standard InChI is InChI=1S/C14H15N3O3S.C2HF3O2/c1-10(14(19)20)8-12(18)3-6-17-5-2-11(9-16-17)13-15-4-7-21-13;3-2(4,5)1(6)7/h2,4-5,7,9-10H,3,6,8H2,1H3;(H,6,7). The molecule has 8 nitrogen and oxygen atoms in total. The number of alkyl halides is 3. The van der Waals surface area contributed by atoms with E-state index in [1.165, 1.54) is 18.3 Å². The van der Waals surface area contributed by atoms with E-state index in [0.717, 1.165) is 10.6 Å². The molecule has 12 heteroatoms. The zero-order chi connectivity index (χ0) is 21.3. The number of Topliss-reactive ketones (excluding diaryl/α,β-unsaturated/α-hetero) is 1. The van der Waals surface area contributed by atoms with Crippen LogP contribution in [-0.2, 0) is 20.9 Å². The molecule has 0 spiro atoms. The normalized spacial score (nSPS) is 11.9. The molecule has 2 heterocycles. The topological polar surface area (TPSA) is 124 Å². The Morgan fingerprint density at radius 3 is 2.43 bits per heavy atom. The summed E-state index contributed by atoms with van der Waals surface area (Å²) < 4.78 is 33.2. The van der Waals surface area contributed by atoms with Crippen LogP contribution in [0, 0.1) is 5.92 Å². The summed E-state index contributed by atoms with van der Waals surface area (Å²) >= 11 is 1.54. The van der Waals surface area contributed by atoms with Gasteiger partial charge in [0.1, 0.15) is 23.0 Å². The van der Waals surface area contributed by atoms with E-state index in [1.54, 1.807) is 23.3 Å². The lowest BCUT2D eigenvalue weighted by molar-refractivity contribution is -0.752. The largest absolute Gasteiger partial charge is 0.542 e. The first-order valence-corrected chi connectivity index (χ1v) is 8.67. The van der Waals surface area contributed by atoms with Gasteiger partial charge in [-0.1, -0.05) is 11.6 Å². The Morgan fingerprint density at radius 1 is 1.36 bits per heavy atom. The fraction of sp³-hybridized carbons (Fsp3) is 0.375. The van der Waals surface area contributed by atoms with Crippen LogP contribution in [0.3, 0.4) is 0 Å². The molecule has 0 radical (unpaired) electrons. The van der Waals surface area contributed by atoms with Gasteiger partial charge in [0, 0.05) is 29.6 Å². The molecule has 0 aliphatic carbocycles. The molecule has 2 aromatic heterocycles. The number of carbonyl (C=O) groups is 3. The highest BCUT2D eigenvalue weighted by molar-refractivity contribution is 7.13. The molecule has 1 unspecified atom stereocenters. The van der Waals surface area contributed by atoms with Crippen molar-refractivity contribution in [2.24, 2.45) is 5.92 Å². The highest BCUT2D eigenvalue weighted by Crippen LogP contribution is 2.19. The average molecular weight is 419 g/mol. The molecule has 2 rings (SSSR count). The fourth-order valence-electron chi connectivity index (χ4n) is 1.78. The van der Waals surface area contributed by atoms with E-state index in [0.29, 0.717) is 6.54 Å². The van der Waals surface area contributed by atoms with Crippen LogP contribution in [0.15, 0.2) is 30.0 Å². The van der Waals surface area contributed by atoms with Crippen LogP contribution in [0.25, 0.3) is 10.6 Å². The molecule has 1 atom stereocenters. The van der Waals surface area contributed by atoms with Crippen molar-refractivity contribution in [2.45, 2.75) is 32.5 Å². The van der Waals surface area contributed by atoms with Crippen LogP contribution in [0.5, 0.6) is 0 Å². The second kappa shape index (κ2) is 10.4. The maximum Gasteiger partial charge on any atom is 0.430 e. The quantitative estimate of drug-likeness (QED) is 0.660. The van der Waals surface area contributed by atoms with E-state index >= 15 is 0 Å². The summed E-state index contributed by atoms with van der Waals surface area (Å²) in [4.78, 5) is 35.3. The third kappa shape index (κ3) is 8.20. The predicted molar refractivity (Wildman–Crippen MR) is 87.6 cm³/mol. The second-order valence-electron chi connectivity index (χ2n) is 5.53. The lowest BCUT2D eigenvalue weighted by atomic mass is 10.0. The number of rotatable bonds is 7. The molecule has 0 saturated heterocycles. The van der Waals surface area contributed by atoms with E-state index in [2.05, 4.69) is 10.1 Å². The Kier molecular flexibility index (Phi) is 8.64. The van der Waals surface area contributed by atoms with E-state index < -0.39 is 24.0 Å². The van der Waals surface area contributed by atoms with Crippen LogP contribution >= 0.6 is 11.3 Å². The summed E-state index contributed by atoms with van der Waals surface area (Å²) in [6, 6.07) is 1.90. The van der Waals surface area contributed by atoms with Crippen molar-refractivity contribution in [1.82, 2.24) is 10.1 Å². The molecule has 1 N–H and O–H groups in total. The molecule has 0 aliphatic rings. The number of nitrogens with zero attached hydrogens (tertiary/aromatic N) is 3. The summed E-state index contributed by atoms with van der Waals surface area (Å²) in [6.45, 7) is 1.98. The minimum atomic E-state index is -5.19. The van der Waals surface area contributed by atoms with Crippen LogP contribution in [0.4, 0.5) is 13.2 Å². The lowest BCUT2D eigenvalue weighted by Crippen LogP contribution is -2.38. The van der Waals surface area contributed by atoms with Crippen LogP contribution in [-0.4, -0.2) is 39.1 Å². The summed E-state index contributed by atoms with van der Waals surface area (Å²) in [6.07, 6.45) is 0.399. The van der Waals surface area contributed by atoms with Crippen LogP contribution in [0.1, 0.15) is 19.8 Å². The first-order valence-electron chi connectivity index (χ1n) is 7.79. The van der Waals surface area contributed by atoms with Gasteiger partial charge in [0.15, 0.2) is 12.7 Å². The first kappa shape index (κ1) is 23.1. The maximum atomic E-state index is 11.7. The zero-order valence-corrected chi connectivity index (χ0v) is 15.4. The van der Waals surface area contributed by atoms with E-state index in [-0.39, 0.29) is 18.6 Å². The third-order valence-corrected chi connectivity index (χ3v) is 4.08. The molecule has 28 heavy (non-hydrogen) atoms. The number of halogens is 3. The highest BCUT2D eigenvalue weighted by Gasteiger charge is 2.28. The molecule has 0 saturated carbocycles. The number of aliphatic carboxylic acids is 2. The number of carboxylic acids is 2. The number of thiazole rings is 1. The van der Waals surface area contributed by atoms with Crippen molar-refractivity contribution in [1.29, 1.82) is 0 Å². The van der Waals surface area contributed by atoms with Crippen LogP contribution < -0.4 is 9.79 Å². The number of carbonyl (C=O) groups excluding carboxylic acids is 2. The van der Waals surface area contributed by atoms with E-state index in [9.17, 15) is 22.8 Å². The summed E-state index contributed by atoms with van der Waals surface area (Å²) in [5, 5.41) is 24.6. The van der Waals surface area contributed by atoms with Gasteiger partial charge in [-0.05, 0) is 5.10 Å². The van der Waals surface area contributed by atoms with E-state index in [1.807, 2.05) is 11.4 Å². The molecular formula is C16H16F3N3O5S. The minimum Gasteiger partial charge on any atom is -0.542 e. The first-order chi connectivity index (χ1) is 13.0. The van der Waals surface area contributed by atoms with Gasteiger partial charge < -0.3 is 15.0 Å². The Hall–Kier alpha value is -2.89. The number of hydrogen-bond acceptors (Lipinski definition) is 7. The van der Waals surface area contributed by atoms with E-state index in [4.69, 9.17) is 15.0 Å². The van der Waals surface area contributed by atoms with Gasteiger partial charge in [0.05, 0.1) is 12.3 Å². The highest BCUT2D eigenvalue weighted by atomic mass is 32.1. The van der Waals surface area contributed by atoms with Crippen molar-refractivity contribution in [3.05, 3.63) is 30.0 Å². The van der Waals surface area contributed by atoms with Crippen molar-refractivity contribution in [3.63, 3.8) is 0 Å². The van der Waals surface area contributed by atoms with Gasteiger partial charge in [-0.25, -0.2) is 4.98 Å². The smallest absolute Gasteiger partial charge is 0.430 e. The number of hydrogen-bond donors (Lipinski definition) is 1. The summed E-state index contributed by atoms with van der Waals surface area (Å²) in [5.74, 6) is -4.65. The third-order valence-electron chi connectivity index (χ3n) is 3.26. The van der Waals surface area contributed by atoms with Gasteiger partial charge in [0.2, 0.25) is 0 Å². The maximum absolute atomic E-state index is 11.7. The van der Waals surface area contributed by atoms with Gasteiger partial charge in [-0.15, -0.1) is 11.3 Å². The number of ketones is 1. The second-order valence-corrected chi connectivity index (χ2v) is 6.43. The molecular weight excluding hydrogens is 403 g/mol. The molecule has 0 fully saturated rings. The Morgan fingerprint density at radius 2 is 2.00 bits per heavy atom. The van der Waals surface area contributed by atoms with Crippen molar-refractivity contribution < 1.29 is 42.4 Å². The molecule has 2 aromatic rings. The van der Waals surface area contributed by atoms with Gasteiger partial charge in [-0.2, -0.15) is 13.2 Å². The van der Waals surface area contributed by atoms with Crippen molar-refractivity contribution >= 4 is 29.1 Å². The predicted octanol–water partition coefficient (Wildman–Crippen LogP) is 0.861. The molecule has 0 aromatic carbocycles. The van der Waals surface area contributed by atoms with Gasteiger partial charge in [-0.3, -0.25) is 9.59 Å². The van der Waals surface area contributed by atoms with Gasteiger partial charge in [0.25, 0.3) is 0 Å². The zero-order valence-electron chi connectivity index (χ0n) is 14.5. The monoisotopic (exact) mass is 419 g/mol. The lowest BCUT2D eigenvalue weighted by Gasteiger charge is -2.03. The summed E-state index contributed by atoms with van der Waals surface area (Å²) in [5.41, 5.74) is 0.937. The Labute approximate surface area is 161 Å². The molecule has 0 aliphatic heterocycles. The average Bonchev–Trinajstić information content (AvgIpc) is 3.14. The summed E-state index contributed by atoms with van der Waals surface area (Å²) in [7, 11) is 0. The Bertz CT molecular complexity index is 795. The minimum absolute atomic E-state index is 0.0626. The molecule has 152 valence electrons. The Balaban J connectivity index is 0.000000480. The number of aryl methyl sites for hydroxylation is 1.